The van der Waals surface area contributed by atoms with Gasteiger partial charge in [-0.05, 0) is 78.7 Å². The Hall–Kier alpha value is -5.65. The highest BCUT2D eigenvalue weighted by atomic mass is 35.5. The number of ether oxygens (including phenoxy) is 2. The molecule has 6 rings (SSSR count). The number of para-hydroxylation sites is 2. The number of H-pyrrole nitrogens is 1. The number of hydrogen-bond acceptors (Lipinski definition) is 6. The van der Waals surface area contributed by atoms with Gasteiger partial charge < -0.3 is 14.5 Å². The van der Waals surface area contributed by atoms with Crippen LogP contribution in [0.1, 0.15) is 36.7 Å². The van der Waals surface area contributed by atoms with E-state index >= 15 is 0 Å². The second-order valence-corrected chi connectivity index (χ2v) is 11.0. The molecular formula is C37H30ClN5O3. The van der Waals surface area contributed by atoms with Crippen molar-refractivity contribution in [3.8, 4) is 34.5 Å². The Kier molecular flexibility index (Phi) is 9.23. The highest BCUT2D eigenvalue weighted by Gasteiger charge is 2.15. The number of nitrogens with zero attached hydrogens (tertiary/aromatic N) is 4. The molecule has 0 fully saturated rings. The lowest BCUT2D eigenvalue weighted by molar-refractivity contribution is 0.302. The number of halogens is 1. The molecule has 0 amide bonds. The number of hydrogen-bond donors (Lipinski definition) is 1. The van der Waals surface area contributed by atoms with E-state index < -0.39 is 0 Å². The number of rotatable bonds is 11. The number of allylic oxidation sites excluding steroid dienone is 1. The number of nitriles is 1. The van der Waals surface area contributed by atoms with Crippen molar-refractivity contribution in [3.63, 3.8) is 0 Å². The van der Waals surface area contributed by atoms with E-state index in [1.807, 2.05) is 79.0 Å². The van der Waals surface area contributed by atoms with E-state index in [1.165, 1.54) is 0 Å². The van der Waals surface area contributed by atoms with Crippen molar-refractivity contribution >= 4 is 34.2 Å². The monoisotopic (exact) mass is 627 g/mol. The third kappa shape index (κ3) is 6.85. The van der Waals surface area contributed by atoms with Crippen molar-refractivity contribution in [2.24, 2.45) is 0 Å². The molecule has 4 aromatic carbocycles. The van der Waals surface area contributed by atoms with Gasteiger partial charge in [-0.15, -0.1) is 0 Å². The lowest BCUT2D eigenvalue weighted by Crippen LogP contribution is -2.11. The molecule has 0 aliphatic rings. The van der Waals surface area contributed by atoms with E-state index in [1.54, 1.807) is 35.0 Å². The number of nitrogens with one attached hydrogen (secondary N) is 1. The average molecular weight is 628 g/mol. The summed E-state index contributed by atoms with van der Waals surface area (Å²) in [4.78, 5) is 20.0. The molecular weight excluding hydrogens is 598 g/mol. The molecule has 2 aromatic heterocycles. The molecule has 46 heavy (non-hydrogen) atoms. The normalized spacial score (nSPS) is 11.4. The standard InChI is InChI=1S/C37H30ClN5O3/c1-2-3-19-45-34-18-13-25(20-32(34)38)24-46-30-16-14-26(15-17-30)35-28(23-43(42-35)29-9-5-4-6-10-29)21-27(22-39)36-40-33-12-8-7-11-31(33)37(44)41-36/h4-18,20-21,23H,2-3,19,24H2,1H3,(H,40,41,44)/b27-21+. The maximum absolute atomic E-state index is 12.7. The molecule has 0 radical (unpaired) electrons. The fourth-order valence-corrected chi connectivity index (χ4v) is 5.16. The zero-order valence-electron chi connectivity index (χ0n) is 25.1. The fourth-order valence-electron chi connectivity index (χ4n) is 4.91. The number of aromatic nitrogens is 4. The van der Waals surface area contributed by atoms with Crippen molar-refractivity contribution in [2.75, 3.05) is 6.61 Å². The van der Waals surface area contributed by atoms with E-state index in [-0.39, 0.29) is 17.0 Å². The van der Waals surface area contributed by atoms with Crippen LogP contribution in [0.15, 0.2) is 108 Å². The van der Waals surface area contributed by atoms with Crippen LogP contribution in [-0.4, -0.2) is 26.4 Å². The van der Waals surface area contributed by atoms with Gasteiger partial charge >= 0.3 is 0 Å². The van der Waals surface area contributed by atoms with E-state index in [0.29, 0.717) is 51.9 Å². The summed E-state index contributed by atoms with van der Waals surface area (Å²) in [5, 5.41) is 16.0. The number of benzene rings is 4. The Balaban J connectivity index is 1.28. The zero-order chi connectivity index (χ0) is 31.9. The first kappa shape index (κ1) is 30.4. The van der Waals surface area contributed by atoms with Gasteiger partial charge in [0.25, 0.3) is 5.56 Å². The lowest BCUT2D eigenvalue weighted by atomic mass is 10.1. The summed E-state index contributed by atoms with van der Waals surface area (Å²) >= 11 is 6.42. The lowest BCUT2D eigenvalue weighted by Gasteiger charge is -2.11. The van der Waals surface area contributed by atoms with Crippen molar-refractivity contribution < 1.29 is 9.47 Å². The second kappa shape index (κ2) is 14.0. The predicted octanol–water partition coefficient (Wildman–Crippen LogP) is 8.25. The molecule has 1 N–H and O–H groups in total. The third-order valence-electron chi connectivity index (χ3n) is 7.34. The van der Waals surface area contributed by atoms with Gasteiger partial charge in [-0.3, -0.25) is 4.79 Å². The molecule has 0 saturated carbocycles. The number of unbranched alkanes of at least 4 members (excludes halogenated alkanes) is 1. The van der Waals surface area contributed by atoms with Crippen molar-refractivity contribution in [2.45, 2.75) is 26.4 Å². The summed E-state index contributed by atoms with van der Waals surface area (Å²) in [7, 11) is 0. The molecule has 0 atom stereocenters. The zero-order valence-corrected chi connectivity index (χ0v) is 25.9. The van der Waals surface area contributed by atoms with Crippen LogP contribution in [0.2, 0.25) is 5.02 Å². The number of fused-ring (bicyclic) bond motifs is 1. The number of aromatic amines is 1. The van der Waals surface area contributed by atoms with E-state index in [9.17, 15) is 10.1 Å². The highest BCUT2D eigenvalue weighted by Crippen LogP contribution is 2.30. The van der Waals surface area contributed by atoms with Gasteiger partial charge in [0, 0.05) is 17.3 Å². The fraction of sp³-hybridized carbons (Fsp3) is 0.135. The van der Waals surface area contributed by atoms with Crippen LogP contribution >= 0.6 is 11.6 Å². The van der Waals surface area contributed by atoms with Gasteiger partial charge in [-0.2, -0.15) is 10.4 Å². The van der Waals surface area contributed by atoms with Crippen LogP contribution in [-0.2, 0) is 6.61 Å². The first-order chi connectivity index (χ1) is 22.5. The molecule has 0 aliphatic heterocycles. The quantitative estimate of drug-likeness (QED) is 0.114. The van der Waals surface area contributed by atoms with E-state index in [2.05, 4.69) is 23.0 Å². The minimum absolute atomic E-state index is 0.189. The van der Waals surface area contributed by atoms with Gasteiger partial charge in [0.15, 0.2) is 5.82 Å². The van der Waals surface area contributed by atoms with Crippen LogP contribution in [0.3, 0.4) is 0 Å². The summed E-state index contributed by atoms with van der Waals surface area (Å²) in [6.45, 7) is 3.09. The van der Waals surface area contributed by atoms with Crippen LogP contribution in [0.4, 0.5) is 0 Å². The largest absolute Gasteiger partial charge is 0.492 e. The molecule has 0 unspecified atom stereocenters. The molecule has 6 aromatic rings. The van der Waals surface area contributed by atoms with Gasteiger partial charge in [-0.25, -0.2) is 9.67 Å². The van der Waals surface area contributed by atoms with Crippen molar-refractivity contribution in [1.29, 1.82) is 5.26 Å². The van der Waals surface area contributed by atoms with Crippen molar-refractivity contribution in [1.82, 2.24) is 19.7 Å². The van der Waals surface area contributed by atoms with Gasteiger partial charge in [0.2, 0.25) is 0 Å². The molecule has 9 heteroatoms. The Bertz CT molecular complexity index is 2110. The Morgan fingerprint density at radius 2 is 1.78 bits per heavy atom. The third-order valence-corrected chi connectivity index (χ3v) is 7.63. The van der Waals surface area contributed by atoms with Crippen LogP contribution < -0.4 is 15.0 Å². The molecule has 0 saturated heterocycles. The Labute approximate surface area is 271 Å². The molecule has 0 spiro atoms. The minimum atomic E-state index is -0.309. The average Bonchev–Trinajstić information content (AvgIpc) is 3.51. The molecule has 0 aliphatic carbocycles. The predicted molar refractivity (Wildman–Crippen MR) is 181 cm³/mol. The molecule has 2 heterocycles. The summed E-state index contributed by atoms with van der Waals surface area (Å²) < 4.78 is 13.6. The van der Waals surface area contributed by atoms with Crippen LogP contribution in [0, 0.1) is 11.3 Å². The SMILES string of the molecule is CCCCOc1ccc(COc2ccc(-c3nn(-c4ccccc4)cc3/C=C(\C#N)c3nc4ccccc4c(=O)[nH]3)cc2)cc1Cl. The van der Waals surface area contributed by atoms with Gasteiger partial charge in [-0.1, -0.05) is 61.3 Å². The smallest absolute Gasteiger partial charge is 0.259 e. The van der Waals surface area contributed by atoms with Crippen molar-refractivity contribution in [3.05, 3.63) is 136 Å². The summed E-state index contributed by atoms with van der Waals surface area (Å²) in [5.74, 6) is 1.54. The molecule has 0 bridgehead atoms. The summed E-state index contributed by atoms with van der Waals surface area (Å²) in [6.07, 6.45) is 5.58. The Morgan fingerprint density at radius 3 is 2.54 bits per heavy atom. The maximum atomic E-state index is 12.7. The van der Waals surface area contributed by atoms with E-state index in [0.717, 1.165) is 29.7 Å². The second-order valence-electron chi connectivity index (χ2n) is 10.6. The maximum Gasteiger partial charge on any atom is 0.259 e. The van der Waals surface area contributed by atoms with Gasteiger partial charge in [0.1, 0.15) is 24.2 Å². The summed E-state index contributed by atoms with van der Waals surface area (Å²) in [5.41, 5.74) is 4.35. The van der Waals surface area contributed by atoms with E-state index in [4.69, 9.17) is 26.2 Å². The summed E-state index contributed by atoms with van der Waals surface area (Å²) in [6, 6.07) is 32.2. The highest BCUT2D eigenvalue weighted by molar-refractivity contribution is 6.32. The topological polar surface area (TPSA) is 106 Å². The van der Waals surface area contributed by atoms with Crippen LogP contribution in [0.5, 0.6) is 11.5 Å². The molecule has 228 valence electrons. The van der Waals surface area contributed by atoms with Crippen LogP contribution in [0.25, 0.3) is 39.5 Å². The van der Waals surface area contributed by atoms with Gasteiger partial charge in [0.05, 0.1) is 39.5 Å². The Morgan fingerprint density at radius 1 is 1.00 bits per heavy atom. The first-order valence-electron chi connectivity index (χ1n) is 14.9. The first-order valence-corrected chi connectivity index (χ1v) is 15.3. The molecule has 8 nitrogen and oxygen atoms in total. The minimum Gasteiger partial charge on any atom is -0.492 e.